The predicted octanol–water partition coefficient (Wildman–Crippen LogP) is 3.62. The lowest BCUT2D eigenvalue weighted by Gasteiger charge is -2.15. The molecule has 0 fully saturated rings. The number of aromatic nitrogens is 2. The van der Waals surface area contributed by atoms with Gasteiger partial charge >= 0.3 is 0 Å². The minimum atomic E-state index is -0.629. The maximum Gasteiger partial charge on any atom is 0.265 e. The average molecular weight is 355 g/mol. The molecule has 3 aromatic rings. The van der Waals surface area contributed by atoms with Gasteiger partial charge in [0.1, 0.15) is 17.2 Å². The van der Waals surface area contributed by atoms with Gasteiger partial charge in [-0.3, -0.25) is 4.79 Å². The second kappa shape index (κ2) is 7.76. The maximum atomic E-state index is 12.3. The molecule has 0 aliphatic carbocycles. The van der Waals surface area contributed by atoms with Gasteiger partial charge in [-0.1, -0.05) is 16.6 Å². The Balaban J connectivity index is 1.59. The van der Waals surface area contributed by atoms with E-state index in [0.717, 1.165) is 17.0 Å². The summed E-state index contributed by atoms with van der Waals surface area (Å²) < 4.78 is 14.6. The SMILES string of the molecule is COc1ccc(OC(C)C(=O)Nc2ccc(-c3csnn3)cc2)cc1. The lowest BCUT2D eigenvalue weighted by Crippen LogP contribution is -2.30. The van der Waals surface area contributed by atoms with Gasteiger partial charge in [0.25, 0.3) is 5.91 Å². The second-order valence-corrected chi connectivity index (χ2v) is 5.90. The van der Waals surface area contributed by atoms with Crippen molar-refractivity contribution >= 4 is 23.1 Å². The standard InChI is InChI=1S/C18H17N3O3S/c1-12(24-16-9-7-15(23-2)8-10-16)18(22)19-14-5-3-13(4-6-14)17-11-25-21-20-17/h3-12H,1-2H3,(H,19,22). The van der Waals surface area contributed by atoms with Crippen LogP contribution in [0.25, 0.3) is 11.3 Å². The minimum absolute atomic E-state index is 0.223. The summed E-state index contributed by atoms with van der Waals surface area (Å²) in [5.74, 6) is 1.12. The molecular weight excluding hydrogens is 338 g/mol. The van der Waals surface area contributed by atoms with Crippen LogP contribution in [0.3, 0.4) is 0 Å². The zero-order valence-corrected chi connectivity index (χ0v) is 14.6. The van der Waals surface area contributed by atoms with E-state index in [-0.39, 0.29) is 5.91 Å². The molecule has 0 aliphatic heterocycles. The number of nitrogens with zero attached hydrogens (tertiary/aromatic N) is 2. The third-order valence-electron chi connectivity index (χ3n) is 3.55. The van der Waals surface area contributed by atoms with Gasteiger partial charge in [0.15, 0.2) is 6.10 Å². The van der Waals surface area contributed by atoms with Crippen LogP contribution in [-0.2, 0) is 4.79 Å². The number of carbonyl (C=O) groups is 1. The van der Waals surface area contributed by atoms with Crippen molar-refractivity contribution in [3.8, 4) is 22.8 Å². The van der Waals surface area contributed by atoms with E-state index in [1.54, 1.807) is 38.3 Å². The highest BCUT2D eigenvalue weighted by molar-refractivity contribution is 7.03. The Kier molecular flexibility index (Phi) is 5.25. The lowest BCUT2D eigenvalue weighted by molar-refractivity contribution is -0.122. The van der Waals surface area contributed by atoms with Crippen LogP contribution in [0.1, 0.15) is 6.92 Å². The highest BCUT2D eigenvalue weighted by Gasteiger charge is 2.15. The Morgan fingerprint density at radius 2 is 1.76 bits per heavy atom. The quantitative estimate of drug-likeness (QED) is 0.731. The Bertz CT molecular complexity index is 818. The molecule has 0 radical (unpaired) electrons. The van der Waals surface area contributed by atoms with Crippen LogP contribution in [0.4, 0.5) is 5.69 Å². The summed E-state index contributed by atoms with van der Waals surface area (Å²) in [5, 5.41) is 8.73. The van der Waals surface area contributed by atoms with Gasteiger partial charge in [0.05, 0.1) is 7.11 Å². The van der Waals surface area contributed by atoms with Crippen molar-refractivity contribution in [3.05, 3.63) is 53.9 Å². The van der Waals surface area contributed by atoms with Gasteiger partial charge in [0.2, 0.25) is 0 Å². The van der Waals surface area contributed by atoms with E-state index in [4.69, 9.17) is 9.47 Å². The molecule has 1 unspecified atom stereocenters. The predicted molar refractivity (Wildman–Crippen MR) is 97.1 cm³/mol. The molecule has 1 aromatic heterocycles. The molecule has 0 saturated carbocycles. The summed E-state index contributed by atoms with van der Waals surface area (Å²) in [6, 6.07) is 14.5. The summed E-state index contributed by atoms with van der Waals surface area (Å²) in [5.41, 5.74) is 2.47. The third-order valence-corrected chi connectivity index (χ3v) is 4.05. The first-order chi connectivity index (χ1) is 12.2. The molecule has 3 rings (SSSR count). The van der Waals surface area contributed by atoms with E-state index < -0.39 is 6.10 Å². The van der Waals surface area contributed by atoms with Crippen LogP contribution >= 0.6 is 11.5 Å². The molecular formula is C18H17N3O3S. The molecule has 0 saturated heterocycles. The molecule has 1 atom stereocenters. The summed E-state index contributed by atoms with van der Waals surface area (Å²) in [4.78, 5) is 12.3. The third kappa shape index (κ3) is 4.33. The van der Waals surface area contributed by atoms with Crippen LogP contribution in [0, 0.1) is 0 Å². The Morgan fingerprint density at radius 3 is 2.36 bits per heavy atom. The first-order valence-electron chi connectivity index (χ1n) is 7.65. The van der Waals surface area contributed by atoms with Crippen LogP contribution in [0.2, 0.25) is 0 Å². The van der Waals surface area contributed by atoms with E-state index in [1.165, 1.54) is 11.5 Å². The fourth-order valence-electron chi connectivity index (χ4n) is 2.17. The van der Waals surface area contributed by atoms with Gasteiger partial charge in [-0.2, -0.15) is 0 Å². The van der Waals surface area contributed by atoms with E-state index in [9.17, 15) is 4.79 Å². The van der Waals surface area contributed by atoms with Crippen molar-refractivity contribution in [2.24, 2.45) is 0 Å². The highest BCUT2D eigenvalue weighted by atomic mass is 32.1. The average Bonchev–Trinajstić information content (AvgIpc) is 3.17. The monoisotopic (exact) mass is 355 g/mol. The molecule has 1 N–H and O–H groups in total. The first-order valence-corrected chi connectivity index (χ1v) is 8.48. The smallest absolute Gasteiger partial charge is 0.265 e. The first kappa shape index (κ1) is 16.9. The molecule has 128 valence electrons. The summed E-state index contributed by atoms with van der Waals surface area (Å²) >= 11 is 1.30. The van der Waals surface area contributed by atoms with Crippen molar-refractivity contribution in [1.82, 2.24) is 9.59 Å². The van der Waals surface area contributed by atoms with Crippen LogP contribution < -0.4 is 14.8 Å². The maximum absolute atomic E-state index is 12.3. The van der Waals surface area contributed by atoms with E-state index in [0.29, 0.717) is 11.4 Å². The van der Waals surface area contributed by atoms with E-state index in [1.807, 2.05) is 29.6 Å². The number of ether oxygens (including phenoxy) is 2. The summed E-state index contributed by atoms with van der Waals surface area (Å²) in [6.07, 6.45) is -0.629. The second-order valence-electron chi connectivity index (χ2n) is 5.29. The van der Waals surface area contributed by atoms with E-state index in [2.05, 4.69) is 14.9 Å². The molecule has 0 aliphatic rings. The van der Waals surface area contributed by atoms with Crippen molar-refractivity contribution < 1.29 is 14.3 Å². The fourth-order valence-corrected chi connectivity index (χ4v) is 2.64. The largest absolute Gasteiger partial charge is 0.497 e. The number of rotatable bonds is 6. The van der Waals surface area contributed by atoms with Gasteiger partial charge in [0, 0.05) is 16.6 Å². The number of amides is 1. The Morgan fingerprint density at radius 1 is 1.08 bits per heavy atom. The van der Waals surface area contributed by atoms with Gasteiger partial charge in [-0.25, -0.2) is 0 Å². The molecule has 1 amide bonds. The van der Waals surface area contributed by atoms with Crippen LogP contribution in [0.5, 0.6) is 11.5 Å². The number of hydrogen-bond acceptors (Lipinski definition) is 6. The fraction of sp³-hybridized carbons (Fsp3) is 0.167. The Hall–Kier alpha value is -2.93. The molecule has 25 heavy (non-hydrogen) atoms. The molecule has 0 bridgehead atoms. The van der Waals surface area contributed by atoms with Crippen molar-refractivity contribution in [2.75, 3.05) is 12.4 Å². The lowest BCUT2D eigenvalue weighted by atomic mass is 10.1. The number of nitrogens with one attached hydrogen (secondary N) is 1. The topological polar surface area (TPSA) is 73.3 Å². The van der Waals surface area contributed by atoms with Gasteiger partial charge < -0.3 is 14.8 Å². The number of hydrogen-bond donors (Lipinski definition) is 1. The molecule has 6 nitrogen and oxygen atoms in total. The summed E-state index contributed by atoms with van der Waals surface area (Å²) in [6.45, 7) is 1.70. The van der Waals surface area contributed by atoms with E-state index >= 15 is 0 Å². The minimum Gasteiger partial charge on any atom is -0.497 e. The van der Waals surface area contributed by atoms with Crippen molar-refractivity contribution in [3.63, 3.8) is 0 Å². The van der Waals surface area contributed by atoms with Crippen molar-refractivity contribution in [1.29, 1.82) is 0 Å². The highest BCUT2D eigenvalue weighted by Crippen LogP contribution is 2.21. The number of anilines is 1. The Labute approximate surface area is 149 Å². The number of methoxy groups -OCH3 is 1. The molecule has 2 aromatic carbocycles. The number of carbonyl (C=O) groups excluding carboxylic acids is 1. The van der Waals surface area contributed by atoms with Gasteiger partial charge in [-0.05, 0) is 54.9 Å². The van der Waals surface area contributed by atoms with Crippen molar-refractivity contribution in [2.45, 2.75) is 13.0 Å². The van der Waals surface area contributed by atoms with Gasteiger partial charge in [-0.15, -0.1) is 5.10 Å². The zero-order chi connectivity index (χ0) is 17.6. The normalized spacial score (nSPS) is 11.6. The molecule has 7 heteroatoms. The van der Waals surface area contributed by atoms with Crippen LogP contribution in [0.15, 0.2) is 53.9 Å². The molecule has 0 spiro atoms. The summed E-state index contributed by atoms with van der Waals surface area (Å²) in [7, 11) is 1.60. The zero-order valence-electron chi connectivity index (χ0n) is 13.8. The number of benzene rings is 2. The van der Waals surface area contributed by atoms with Crippen LogP contribution in [-0.4, -0.2) is 28.7 Å². The molecule has 1 heterocycles.